The van der Waals surface area contributed by atoms with Gasteiger partial charge in [0.1, 0.15) is 9.71 Å². The Bertz CT molecular complexity index is 578. The van der Waals surface area contributed by atoms with Crippen LogP contribution in [0.15, 0.2) is 12.1 Å². The third-order valence-corrected chi connectivity index (χ3v) is 3.90. The number of ether oxygens (including phenoxy) is 1. The largest absolute Gasteiger partial charge is 0.465 e. The molecule has 0 aliphatic rings. The molecule has 0 amide bonds. The minimum Gasteiger partial charge on any atom is -0.465 e. The van der Waals surface area contributed by atoms with Crippen molar-refractivity contribution in [2.45, 2.75) is 26.2 Å². The molecular formula is C13H16N2O2S. The van der Waals surface area contributed by atoms with Crippen LogP contribution in [0, 0.1) is 0 Å². The SMILES string of the molecule is CCCCc1ccc2c(N)c(C(=O)OC)sc2n1. The molecule has 2 N–H and O–H groups in total. The number of fused-ring (bicyclic) bond motifs is 1. The fourth-order valence-electron chi connectivity index (χ4n) is 1.78. The van der Waals surface area contributed by atoms with Gasteiger partial charge < -0.3 is 10.5 Å². The predicted molar refractivity (Wildman–Crippen MR) is 74.0 cm³/mol. The van der Waals surface area contributed by atoms with Crippen molar-refractivity contribution in [3.63, 3.8) is 0 Å². The molecule has 0 fully saturated rings. The molecular weight excluding hydrogens is 248 g/mol. The number of aryl methyl sites for hydroxylation is 1. The van der Waals surface area contributed by atoms with Crippen LogP contribution in [0.25, 0.3) is 10.2 Å². The second kappa shape index (κ2) is 5.35. The first-order valence-corrected chi connectivity index (χ1v) is 6.75. The summed E-state index contributed by atoms with van der Waals surface area (Å²) in [5.74, 6) is -0.398. The molecule has 0 aliphatic carbocycles. The van der Waals surface area contributed by atoms with Gasteiger partial charge in [-0.25, -0.2) is 9.78 Å². The van der Waals surface area contributed by atoms with E-state index in [1.807, 2.05) is 12.1 Å². The van der Waals surface area contributed by atoms with E-state index in [0.29, 0.717) is 10.6 Å². The Hall–Kier alpha value is -1.62. The summed E-state index contributed by atoms with van der Waals surface area (Å²) in [6.45, 7) is 2.15. The molecule has 0 saturated carbocycles. The Labute approximate surface area is 110 Å². The quantitative estimate of drug-likeness (QED) is 0.862. The average Bonchev–Trinajstić information content (AvgIpc) is 2.72. The first-order valence-electron chi connectivity index (χ1n) is 5.93. The van der Waals surface area contributed by atoms with Crippen LogP contribution in [0.1, 0.15) is 35.1 Å². The molecule has 0 atom stereocenters. The molecule has 0 saturated heterocycles. The molecule has 5 heteroatoms. The molecule has 2 aromatic rings. The number of nitrogen functional groups attached to an aromatic ring is 1. The van der Waals surface area contributed by atoms with Crippen molar-refractivity contribution in [1.29, 1.82) is 0 Å². The summed E-state index contributed by atoms with van der Waals surface area (Å²) in [7, 11) is 1.35. The Morgan fingerprint density at radius 3 is 2.94 bits per heavy atom. The number of carbonyl (C=O) groups excluding carboxylic acids is 1. The normalized spacial score (nSPS) is 10.8. The van der Waals surface area contributed by atoms with Crippen LogP contribution < -0.4 is 5.73 Å². The van der Waals surface area contributed by atoms with Gasteiger partial charge in [0.25, 0.3) is 0 Å². The second-order valence-electron chi connectivity index (χ2n) is 4.10. The number of aromatic nitrogens is 1. The number of unbranched alkanes of at least 4 members (excludes halogenated alkanes) is 1. The number of nitrogens with zero attached hydrogens (tertiary/aromatic N) is 1. The molecule has 0 aromatic carbocycles. The summed E-state index contributed by atoms with van der Waals surface area (Å²) in [4.78, 5) is 17.3. The van der Waals surface area contributed by atoms with Crippen LogP contribution >= 0.6 is 11.3 Å². The van der Waals surface area contributed by atoms with Crippen molar-refractivity contribution < 1.29 is 9.53 Å². The Balaban J connectivity index is 2.42. The zero-order valence-electron chi connectivity index (χ0n) is 10.5. The molecule has 0 radical (unpaired) electrons. The van der Waals surface area contributed by atoms with E-state index in [9.17, 15) is 4.79 Å². The summed E-state index contributed by atoms with van der Waals surface area (Å²) < 4.78 is 4.71. The van der Waals surface area contributed by atoms with Gasteiger partial charge in [-0.05, 0) is 25.0 Å². The fraction of sp³-hybridized carbons (Fsp3) is 0.385. The maximum absolute atomic E-state index is 11.5. The highest BCUT2D eigenvalue weighted by molar-refractivity contribution is 7.21. The van der Waals surface area contributed by atoms with E-state index in [1.165, 1.54) is 18.4 Å². The van der Waals surface area contributed by atoms with Gasteiger partial charge >= 0.3 is 5.97 Å². The number of thiophene rings is 1. The maximum atomic E-state index is 11.5. The minimum absolute atomic E-state index is 0.398. The Morgan fingerprint density at radius 2 is 2.28 bits per heavy atom. The Kier molecular flexibility index (Phi) is 3.81. The lowest BCUT2D eigenvalue weighted by atomic mass is 10.1. The highest BCUT2D eigenvalue weighted by atomic mass is 32.1. The maximum Gasteiger partial charge on any atom is 0.350 e. The minimum atomic E-state index is -0.398. The molecule has 0 aliphatic heterocycles. The summed E-state index contributed by atoms with van der Waals surface area (Å²) in [5, 5.41) is 0.834. The third kappa shape index (κ3) is 2.31. The number of rotatable bonds is 4. The van der Waals surface area contributed by atoms with Gasteiger partial charge in [-0.15, -0.1) is 11.3 Å². The van der Waals surface area contributed by atoms with Gasteiger partial charge in [-0.2, -0.15) is 0 Å². The van der Waals surface area contributed by atoms with E-state index in [0.717, 1.165) is 35.2 Å². The lowest BCUT2D eigenvalue weighted by Gasteiger charge is -1.99. The standard InChI is InChI=1S/C13H16N2O2S/c1-3-4-5-8-6-7-9-10(14)11(13(16)17-2)18-12(9)15-8/h6-7H,3-5,14H2,1-2H3. The van der Waals surface area contributed by atoms with Gasteiger partial charge in [0, 0.05) is 11.1 Å². The topological polar surface area (TPSA) is 65.2 Å². The van der Waals surface area contributed by atoms with E-state index in [1.54, 1.807) is 0 Å². The summed E-state index contributed by atoms with van der Waals surface area (Å²) >= 11 is 1.29. The van der Waals surface area contributed by atoms with Crippen molar-refractivity contribution in [3.05, 3.63) is 22.7 Å². The van der Waals surface area contributed by atoms with E-state index in [-0.39, 0.29) is 0 Å². The number of carbonyl (C=O) groups is 1. The van der Waals surface area contributed by atoms with Crippen molar-refractivity contribution in [2.24, 2.45) is 0 Å². The summed E-state index contributed by atoms with van der Waals surface area (Å²) in [6, 6.07) is 3.91. The second-order valence-corrected chi connectivity index (χ2v) is 5.09. The van der Waals surface area contributed by atoms with E-state index < -0.39 is 5.97 Å². The fourth-order valence-corrected chi connectivity index (χ4v) is 2.81. The van der Waals surface area contributed by atoms with Crippen LogP contribution in [0.3, 0.4) is 0 Å². The molecule has 2 aromatic heterocycles. The van der Waals surface area contributed by atoms with Crippen LogP contribution in [-0.4, -0.2) is 18.1 Å². The van der Waals surface area contributed by atoms with Crippen molar-refractivity contribution in [2.75, 3.05) is 12.8 Å². The number of nitrogens with two attached hydrogens (primary N) is 1. The molecule has 0 unspecified atom stereocenters. The van der Waals surface area contributed by atoms with Crippen LogP contribution in [0.5, 0.6) is 0 Å². The number of methoxy groups -OCH3 is 1. The number of esters is 1. The zero-order valence-corrected chi connectivity index (χ0v) is 11.3. The number of pyridine rings is 1. The smallest absolute Gasteiger partial charge is 0.350 e. The first kappa shape index (κ1) is 12.8. The van der Waals surface area contributed by atoms with E-state index >= 15 is 0 Å². The summed E-state index contributed by atoms with van der Waals surface area (Å²) in [5.41, 5.74) is 7.45. The molecule has 96 valence electrons. The molecule has 0 spiro atoms. The molecule has 0 bridgehead atoms. The van der Waals surface area contributed by atoms with Crippen molar-refractivity contribution in [1.82, 2.24) is 4.98 Å². The molecule has 2 heterocycles. The average molecular weight is 264 g/mol. The molecule has 18 heavy (non-hydrogen) atoms. The number of hydrogen-bond donors (Lipinski definition) is 1. The third-order valence-electron chi connectivity index (χ3n) is 2.81. The van der Waals surface area contributed by atoms with Crippen molar-refractivity contribution >= 4 is 33.2 Å². The molecule has 2 rings (SSSR count). The van der Waals surface area contributed by atoms with E-state index in [4.69, 9.17) is 10.5 Å². The Morgan fingerprint density at radius 1 is 1.50 bits per heavy atom. The number of hydrogen-bond acceptors (Lipinski definition) is 5. The lowest BCUT2D eigenvalue weighted by Crippen LogP contribution is -2.01. The highest BCUT2D eigenvalue weighted by Gasteiger charge is 2.17. The van der Waals surface area contributed by atoms with Gasteiger partial charge in [0.15, 0.2) is 0 Å². The van der Waals surface area contributed by atoms with Gasteiger partial charge in [0.2, 0.25) is 0 Å². The van der Waals surface area contributed by atoms with E-state index in [2.05, 4.69) is 11.9 Å². The van der Waals surface area contributed by atoms with Gasteiger partial charge in [0.05, 0.1) is 12.8 Å². The van der Waals surface area contributed by atoms with Gasteiger partial charge in [-0.1, -0.05) is 13.3 Å². The lowest BCUT2D eigenvalue weighted by molar-refractivity contribution is 0.0607. The van der Waals surface area contributed by atoms with Gasteiger partial charge in [-0.3, -0.25) is 0 Å². The van der Waals surface area contributed by atoms with Crippen LogP contribution in [0.2, 0.25) is 0 Å². The first-order chi connectivity index (χ1) is 8.67. The number of anilines is 1. The zero-order chi connectivity index (χ0) is 13.1. The predicted octanol–water partition coefficient (Wildman–Crippen LogP) is 3.01. The van der Waals surface area contributed by atoms with Crippen molar-refractivity contribution in [3.8, 4) is 0 Å². The van der Waals surface area contributed by atoms with Crippen LogP contribution in [0.4, 0.5) is 5.69 Å². The summed E-state index contributed by atoms with van der Waals surface area (Å²) in [6.07, 6.45) is 3.21. The van der Waals surface area contributed by atoms with Crippen LogP contribution in [-0.2, 0) is 11.2 Å². The highest BCUT2D eigenvalue weighted by Crippen LogP contribution is 2.33. The molecule has 4 nitrogen and oxygen atoms in total. The monoisotopic (exact) mass is 264 g/mol.